The molecular weight excluding hydrogens is 326 g/mol. The Morgan fingerprint density at radius 2 is 1.85 bits per heavy atom. The highest BCUT2D eigenvalue weighted by atomic mass is 16.5. The summed E-state index contributed by atoms with van der Waals surface area (Å²) in [5, 5.41) is 5.09. The van der Waals surface area contributed by atoms with Crippen molar-refractivity contribution in [3.63, 3.8) is 0 Å². The molecule has 0 N–H and O–H groups in total. The molecule has 0 spiro atoms. The molecule has 26 heavy (non-hydrogen) atoms. The van der Waals surface area contributed by atoms with Crippen molar-refractivity contribution in [3.05, 3.63) is 95.2 Å². The van der Waals surface area contributed by atoms with Gasteiger partial charge in [-0.3, -0.25) is 0 Å². The Labute approximate surface area is 151 Å². The molecule has 3 aromatic carbocycles. The Bertz CT molecular complexity index is 1070. The van der Waals surface area contributed by atoms with Crippen LogP contribution in [0.1, 0.15) is 27.2 Å². The van der Waals surface area contributed by atoms with E-state index >= 15 is 0 Å². The summed E-state index contributed by atoms with van der Waals surface area (Å²) in [4.78, 5) is 12.3. The summed E-state index contributed by atoms with van der Waals surface area (Å²) in [6.45, 7) is 1.94. The van der Waals surface area contributed by atoms with Crippen molar-refractivity contribution < 1.29 is 14.1 Å². The Morgan fingerprint density at radius 1 is 1.00 bits per heavy atom. The van der Waals surface area contributed by atoms with Crippen LogP contribution < -0.4 is 4.74 Å². The van der Waals surface area contributed by atoms with E-state index in [-0.39, 0.29) is 0 Å². The molecule has 0 radical (unpaired) electrons. The number of aryl methyl sites for hydroxylation is 1. The first-order valence-electron chi connectivity index (χ1n) is 8.40. The van der Waals surface area contributed by atoms with Crippen molar-refractivity contribution in [2.45, 2.75) is 13.3 Å². The van der Waals surface area contributed by atoms with Crippen LogP contribution in [0.4, 0.5) is 0 Å². The van der Waals surface area contributed by atoms with Crippen molar-refractivity contribution in [2.24, 2.45) is 0 Å². The third kappa shape index (κ3) is 3.35. The van der Waals surface area contributed by atoms with Crippen LogP contribution in [0, 0.1) is 6.92 Å². The lowest BCUT2D eigenvalue weighted by Gasteiger charge is -2.05. The number of esters is 1. The standard InChI is InChI=1S/C22H17NO3/c1-15-6-5-9-17(12-15)22(24)25-18-10-11-19-20(23-26-21(19)14-18)13-16-7-3-2-4-8-16/h2-12,14H,13H2,1H3. The van der Waals surface area contributed by atoms with Gasteiger partial charge in [-0.2, -0.15) is 0 Å². The average Bonchev–Trinajstić information content (AvgIpc) is 3.04. The number of ether oxygens (including phenoxy) is 1. The predicted octanol–water partition coefficient (Wildman–Crippen LogP) is 4.95. The highest BCUT2D eigenvalue weighted by Crippen LogP contribution is 2.26. The molecule has 1 aromatic heterocycles. The summed E-state index contributed by atoms with van der Waals surface area (Å²) in [6, 6.07) is 22.7. The lowest BCUT2D eigenvalue weighted by molar-refractivity contribution is 0.0735. The SMILES string of the molecule is Cc1cccc(C(=O)Oc2ccc3c(Cc4ccccc4)noc3c2)c1. The van der Waals surface area contributed by atoms with Gasteiger partial charge in [-0.15, -0.1) is 0 Å². The molecule has 4 rings (SSSR count). The predicted molar refractivity (Wildman–Crippen MR) is 99.4 cm³/mol. The summed E-state index contributed by atoms with van der Waals surface area (Å²) >= 11 is 0. The second-order valence-corrected chi connectivity index (χ2v) is 6.21. The summed E-state index contributed by atoms with van der Waals surface area (Å²) < 4.78 is 10.9. The topological polar surface area (TPSA) is 52.3 Å². The Balaban J connectivity index is 1.56. The van der Waals surface area contributed by atoms with Crippen molar-refractivity contribution in [1.29, 1.82) is 0 Å². The van der Waals surface area contributed by atoms with Gasteiger partial charge in [0, 0.05) is 17.9 Å². The largest absolute Gasteiger partial charge is 0.423 e. The summed E-state index contributed by atoms with van der Waals surface area (Å²) in [6.07, 6.45) is 0.691. The van der Waals surface area contributed by atoms with E-state index in [9.17, 15) is 4.79 Å². The molecule has 0 atom stereocenters. The fourth-order valence-corrected chi connectivity index (χ4v) is 2.89. The first-order valence-corrected chi connectivity index (χ1v) is 8.40. The van der Waals surface area contributed by atoms with Gasteiger partial charge in [0.2, 0.25) is 0 Å². The molecule has 0 saturated carbocycles. The van der Waals surface area contributed by atoms with Gasteiger partial charge in [0.05, 0.1) is 11.3 Å². The zero-order valence-electron chi connectivity index (χ0n) is 14.3. The van der Waals surface area contributed by atoms with Gasteiger partial charge < -0.3 is 9.26 Å². The molecule has 4 aromatic rings. The summed E-state index contributed by atoms with van der Waals surface area (Å²) in [5.41, 5.74) is 4.16. The lowest BCUT2D eigenvalue weighted by atomic mass is 10.1. The quantitative estimate of drug-likeness (QED) is 0.389. The molecule has 128 valence electrons. The Kier molecular flexibility index (Phi) is 4.23. The maximum Gasteiger partial charge on any atom is 0.343 e. The summed E-state index contributed by atoms with van der Waals surface area (Å²) in [7, 11) is 0. The van der Waals surface area contributed by atoms with Crippen LogP contribution in [0.15, 0.2) is 77.3 Å². The van der Waals surface area contributed by atoms with Gasteiger partial charge in [0.15, 0.2) is 5.58 Å². The van der Waals surface area contributed by atoms with Gasteiger partial charge in [-0.05, 0) is 36.8 Å². The van der Waals surface area contributed by atoms with E-state index in [1.807, 2.05) is 43.3 Å². The maximum atomic E-state index is 12.3. The molecular formula is C22H17NO3. The molecule has 0 bridgehead atoms. The number of hydrogen-bond donors (Lipinski definition) is 0. The van der Waals surface area contributed by atoms with Crippen molar-refractivity contribution >= 4 is 16.9 Å². The second kappa shape index (κ2) is 6.84. The first kappa shape index (κ1) is 16.1. The van der Waals surface area contributed by atoms with Crippen LogP contribution in [0.5, 0.6) is 5.75 Å². The van der Waals surface area contributed by atoms with E-state index in [1.165, 1.54) is 0 Å². The monoisotopic (exact) mass is 343 g/mol. The minimum Gasteiger partial charge on any atom is -0.423 e. The van der Waals surface area contributed by atoms with E-state index in [0.717, 1.165) is 22.2 Å². The minimum absolute atomic E-state index is 0.392. The number of carbonyl (C=O) groups excluding carboxylic acids is 1. The van der Waals surface area contributed by atoms with Crippen LogP contribution in [0.3, 0.4) is 0 Å². The molecule has 1 heterocycles. The van der Waals surface area contributed by atoms with E-state index in [2.05, 4.69) is 17.3 Å². The maximum absolute atomic E-state index is 12.3. The van der Waals surface area contributed by atoms with E-state index in [0.29, 0.717) is 23.3 Å². The molecule has 4 nitrogen and oxygen atoms in total. The van der Waals surface area contributed by atoms with Crippen molar-refractivity contribution in [1.82, 2.24) is 5.16 Å². The molecule has 0 aliphatic rings. The third-order valence-corrected chi connectivity index (χ3v) is 4.20. The fourth-order valence-electron chi connectivity index (χ4n) is 2.89. The number of benzene rings is 3. The fraction of sp³-hybridized carbons (Fsp3) is 0.0909. The molecule has 0 fully saturated rings. The molecule has 0 saturated heterocycles. The zero-order valence-corrected chi connectivity index (χ0v) is 14.3. The Morgan fingerprint density at radius 3 is 2.65 bits per heavy atom. The molecule has 0 amide bonds. The van der Waals surface area contributed by atoms with Crippen LogP contribution >= 0.6 is 0 Å². The molecule has 4 heteroatoms. The molecule has 0 aliphatic carbocycles. The van der Waals surface area contributed by atoms with Gasteiger partial charge >= 0.3 is 5.97 Å². The Hall–Kier alpha value is -3.40. The molecule has 0 aliphatic heterocycles. The number of fused-ring (bicyclic) bond motifs is 1. The third-order valence-electron chi connectivity index (χ3n) is 4.20. The van der Waals surface area contributed by atoms with E-state index < -0.39 is 5.97 Å². The van der Waals surface area contributed by atoms with Crippen LogP contribution in [0.2, 0.25) is 0 Å². The number of carbonyl (C=O) groups is 1. The number of nitrogens with zero attached hydrogens (tertiary/aromatic N) is 1. The smallest absolute Gasteiger partial charge is 0.343 e. The molecule has 0 unspecified atom stereocenters. The van der Waals surface area contributed by atoms with Crippen LogP contribution in [0.25, 0.3) is 11.0 Å². The van der Waals surface area contributed by atoms with Gasteiger partial charge in [0.1, 0.15) is 5.75 Å². The highest BCUT2D eigenvalue weighted by molar-refractivity contribution is 5.92. The van der Waals surface area contributed by atoms with Gasteiger partial charge in [0.25, 0.3) is 0 Å². The van der Waals surface area contributed by atoms with Crippen LogP contribution in [-0.4, -0.2) is 11.1 Å². The van der Waals surface area contributed by atoms with Crippen molar-refractivity contribution in [3.8, 4) is 5.75 Å². The zero-order chi connectivity index (χ0) is 17.9. The highest BCUT2D eigenvalue weighted by Gasteiger charge is 2.13. The van der Waals surface area contributed by atoms with Gasteiger partial charge in [-0.1, -0.05) is 53.2 Å². The number of aromatic nitrogens is 1. The summed E-state index contributed by atoms with van der Waals surface area (Å²) in [5.74, 6) is 0.0449. The number of rotatable bonds is 4. The average molecular weight is 343 g/mol. The van der Waals surface area contributed by atoms with E-state index in [4.69, 9.17) is 9.26 Å². The van der Waals surface area contributed by atoms with Crippen molar-refractivity contribution in [2.75, 3.05) is 0 Å². The lowest BCUT2D eigenvalue weighted by Crippen LogP contribution is -2.08. The first-order chi connectivity index (χ1) is 12.7. The van der Waals surface area contributed by atoms with E-state index in [1.54, 1.807) is 24.3 Å². The minimum atomic E-state index is -0.392. The number of hydrogen-bond acceptors (Lipinski definition) is 4. The second-order valence-electron chi connectivity index (χ2n) is 6.21. The van der Waals surface area contributed by atoms with Gasteiger partial charge in [-0.25, -0.2) is 4.79 Å². The normalized spacial score (nSPS) is 10.8. The van der Waals surface area contributed by atoms with Crippen LogP contribution in [-0.2, 0) is 6.42 Å².